The average Bonchev–Trinajstić information content (AvgIpc) is 3.07. The fraction of sp³-hybridized carbons (Fsp3) is 0.500. The van der Waals surface area contributed by atoms with Crippen molar-refractivity contribution in [1.82, 2.24) is 19.6 Å². The van der Waals surface area contributed by atoms with E-state index >= 15 is 0 Å². The molecule has 28 heavy (non-hydrogen) atoms. The van der Waals surface area contributed by atoms with Crippen molar-refractivity contribution in [2.75, 3.05) is 7.11 Å². The molecule has 0 amide bonds. The predicted molar refractivity (Wildman–Crippen MR) is 96.7 cm³/mol. The molecule has 1 unspecified atom stereocenters. The molecule has 0 aromatic carbocycles. The number of carbonyl (C=O) groups excluding carboxylic acids is 2. The Balaban J connectivity index is 1.91. The van der Waals surface area contributed by atoms with Gasteiger partial charge in [0.2, 0.25) is 0 Å². The van der Waals surface area contributed by atoms with Gasteiger partial charge in [0, 0.05) is 18.8 Å². The second-order valence-corrected chi connectivity index (χ2v) is 7.15. The van der Waals surface area contributed by atoms with Gasteiger partial charge in [0.15, 0.2) is 5.69 Å². The molecule has 0 N–H and O–H groups in total. The smallest absolute Gasteiger partial charge is 0.361 e. The van der Waals surface area contributed by atoms with Gasteiger partial charge in [-0.25, -0.2) is 18.7 Å². The van der Waals surface area contributed by atoms with Crippen LogP contribution in [0.25, 0.3) is 0 Å². The molecule has 0 saturated heterocycles. The van der Waals surface area contributed by atoms with Crippen LogP contribution in [0.2, 0.25) is 0 Å². The summed E-state index contributed by atoms with van der Waals surface area (Å²) in [5, 5.41) is 7.42. The summed E-state index contributed by atoms with van der Waals surface area (Å²) in [4.78, 5) is 35.3. The Morgan fingerprint density at radius 2 is 2.00 bits per heavy atom. The second kappa shape index (κ2) is 8.77. The number of methoxy groups -OCH3 is 1. The monoisotopic (exact) mass is 394 g/mol. The van der Waals surface area contributed by atoms with Crippen molar-refractivity contribution in [3.63, 3.8) is 0 Å². The van der Waals surface area contributed by atoms with Crippen LogP contribution in [0.4, 0.5) is 4.39 Å². The predicted octanol–water partition coefficient (Wildman–Crippen LogP) is 1.61. The first-order chi connectivity index (χ1) is 13.1. The highest BCUT2D eigenvalue weighted by Gasteiger charge is 2.21. The Labute approximate surface area is 161 Å². The van der Waals surface area contributed by atoms with Crippen LogP contribution < -0.4 is 5.56 Å². The maximum Gasteiger partial charge on any atom is 0.361 e. The van der Waals surface area contributed by atoms with Crippen molar-refractivity contribution in [2.45, 2.75) is 52.1 Å². The van der Waals surface area contributed by atoms with E-state index in [-0.39, 0.29) is 30.8 Å². The minimum Gasteiger partial charge on any atom is -0.465 e. The lowest BCUT2D eigenvalue weighted by molar-refractivity contribution is 0.00624. The van der Waals surface area contributed by atoms with Crippen LogP contribution >= 0.6 is 0 Å². The number of ether oxygens (including phenoxy) is 2. The van der Waals surface area contributed by atoms with Crippen LogP contribution in [-0.2, 0) is 22.6 Å². The molecular weight excluding hydrogens is 371 g/mol. The highest BCUT2D eigenvalue weighted by Crippen LogP contribution is 2.11. The molecule has 0 aliphatic carbocycles. The maximum atomic E-state index is 14.3. The second-order valence-electron chi connectivity index (χ2n) is 7.15. The Morgan fingerprint density at radius 3 is 2.61 bits per heavy atom. The molecule has 0 aliphatic heterocycles. The number of hydrogen-bond donors (Lipinski definition) is 0. The van der Waals surface area contributed by atoms with Gasteiger partial charge < -0.3 is 14.0 Å². The Morgan fingerprint density at radius 1 is 1.29 bits per heavy atom. The largest absolute Gasteiger partial charge is 0.465 e. The zero-order chi connectivity index (χ0) is 20.9. The molecule has 10 heteroatoms. The van der Waals surface area contributed by atoms with Gasteiger partial charge >= 0.3 is 11.9 Å². The summed E-state index contributed by atoms with van der Waals surface area (Å²) in [6.45, 7) is 5.19. The number of pyridine rings is 1. The lowest BCUT2D eigenvalue weighted by Crippen LogP contribution is -2.24. The van der Waals surface area contributed by atoms with Gasteiger partial charge in [0.25, 0.3) is 5.56 Å². The topological polar surface area (TPSA) is 105 Å². The molecule has 0 aliphatic rings. The van der Waals surface area contributed by atoms with E-state index in [2.05, 4.69) is 15.0 Å². The Kier molecular flexibility index (Phi) is 6.66. The number of nitrogens with zero attached hydrogens (tertiary/aromatic N) is 4. The number of halogens is 1. The third-order valence-corrected chi connectivity index (χ3v) is 3.63. The maximum absolute atomic E-state index is 14.3. The SMILES string of the molecule is COC(=O)c1ccn(CCC(F)Cn2cc(C(=O)OC(C)(C)C)nn2)c(=O)c1. The molecule has 2 aromatic heterocycles. The van der Waals surface area contributed by atoms with Gasteiger partial charge in [0.1, 0.15) is 11.8 Å². The summed E-state index contributed by atoms with van der Waals surface area (Å²) in [5.41, 5.74) is -0.960. The van der Waals surface area contributed by atoms with Crippen LogP contribution in [0.3, 0.4) is 0 Å². The summed E-state index contributed by atoms with van der Waals surface area (Å²) >= 11 is 0. The van der Waals surface area contributed by atoms with Crippen LogP contribution in [0.5, 0.6) is 0 Å². The van der Waals surface area contributed by atoms with Gasteiger partial charge in [0.05, 0.1) is 25.4 Å². The zero-order valence-corrected chi connectivity index (χ0v) is 16.2. The molecule has 2 aromatic rings. The molecule has 0 bridgehead atoms. The Bertz CT molecular complexity index is 900. The van der Waals surface area contributed by atoms with Crippen molar-refractivity contribution < 1.29 is 23.5 Å². The number of hydrogen-bond acceptors (Lipinski definition) is 7. The van der Waals surface area contributed by atoms with Crippen molar-refractivity contribution in [3.05, 3.63) is 46.1 Å². The van der Waals surface area contributed by atoms with Crippen molar-refractivity contribution in [3.8, 4) is 0 Å². The lowest BCUT2D eigenvalue weighted by atomic mass is 10.2. The normalized spacial score (nSPS) is 12.5. The van der Waals surface area contributed by atoms with Crippen molar-refractivity contribution in [2.24, 2.45) is 0 Å². The molecule has 0 fully saturated rings. The number of esters is 2. The quantitative estimate of drug-likeness (QED) is 0.657. The number of aromatic nitrogens is 4. The van der Waals surface area contributed by atoms with Crippen LogP contribution in [-0.4, -0.2) is 50.4 Å². The molecule has 2 heterocycles. The van der Waals surface area contributed by atoms with Crippen LogP contribution in [0.15, 0.2) is 29.3 Å². The van der Waals surface area contributed by atoms with Gasteiger partial charge in [-0.05, 0) is 33.3 Å². The van der Waals surface area contributed by atoms with E-state index in [4.69, 9.17) is 4.74 Å². The highest BCUT2D eigenvalue weighted by molar-refractivity contribution is 5.89. The molecule has 1 atom stereocenters. The van der Waals surface area contributed by atoms with E-state index in [0.29, 0.717) is 0 Å². The first-order valence-electron chi connectivity index (χ1n) is 8.65. The van der Waals surface area contributed by atoms with Crippen LogP contribution in [0.1, 0.15) is 48.0 Å². The summed E-state index contributed by atoms with van der Waals surface area (Å²) < 4.78 is 26.5. The van der Waals surface area contributed by atoms with E-state index in [1.807, 2.05) is 0 Å². The first kappa shape index (κ1) is 21.3. The number of rotatable bonds is 7. The molecule has 2 rings (SSSR count). The third-order valence-electron chi connectivity index (χ3n) is 3.63. The third kappa shape index (κ3) is 6.00. The van der Waals surface area contributed by atoms with Gasteiger partial charge in [-0.15, -0.1) is 5.10 Å². The molecule has 152 valence electrons. The van der Waals surface area contributed by atoms with Gasteiger partial charge in [-0.3, -0.25) is 4.79 Å². The van der Waals surface area contributed by atoms with E-state index in [1.165, 1.54) is 34.8 Å². The molecule has 0 radical (unpaired) electrons. The standard InChI is InChI=1S/C18H23FN4O5/c1-18(2,3)28-17(26)14-11-23(21-20-14)10-13(19)6-8-22-7-5-12(9-15(22)24)16(25)27-4/h5,7,9,11,13H,6,8,10H2,1-4H3. The number of carbonyl (C=O) groups is 2. The van der Waals surface area contributed by atoms with E-state index in [0.717, 1.165) is 6.07 Å². The number of aryl methyl sites for hydroxylation is 1. The van der Waals surface area contributed by atoms with Crippen molar-refractivity contribution in [1.29, 1.82) is 0 Å². The summed E-state index contributed by atoms with van der Waals surface area (Å²) in [6.07, 6.45) is 1.45. The molecule has 9 nitrogen and oxygen atoms in total. The van der Waals surface area contributed by atoms with Gasteiger partial charge in [-0.2, -0.15) is 0 Å². The first-order valence-corrected chi connectivity index (χ1v) is 8.65. The molecule has 0 saturated carbocycles. The van der Waals surface area contributed by atoms with Gasteiger partial charge in [-0.1, -0.05) is 5.21 Å². The van der Waals surface area contributed by atoms with Crippen LogP contribution in [0, 0.1) is 0 Å². The highest BCUT2D eigenvalue weighted by atomic mass is 19.1. The summed E-state index contributed by atoms with van der Waals surface area (Å²) in [6, 6.07) is 2.58. The number of alkyl halides is 1. The lowest BCUT2D eigenvalue weighted by Gasteiger charge is -2.18. The minimum absolute atomic E-state index is 0.00302. The van der Waals surface area contributed by atoms with E-state index < -0.39 is 29.3 Å². The fourth-order valence-corrected chi connectivity index (χ4v) is 2.32. The summed E-state index contributed by atoms with van der Waals surface area (Å²) in [7, 11) is 1.22. The van der Waals surface area contributed by atoms with Crippen molar-refractivity contribution >= 4 is 11.9 Å². The van der Waals surface area contributed by atoms with E-state index in [9.17, 15) is 18.8 Å². The average molecular weight is 394 g/mol. The Hall–Kier alpha value is -3.04. The molecular formula is C18H23FN4O5. The zero-order valence-electron chi connectivity index (χ0n) is 16.2. The summed E-state index contributed by atoms with van der Waals surface area (Å²) in [5.74, 6) is -1.24. The fourth-order valence-electron chi connectivity index (χ4n) is 2.32. The minimum atomic E-state index is -1.32. The van der Waals surface area contributed by atoms with E-state index in [1.54, 1.807) is 20.8 Å². The molecule has 0 spiro atoms.